The van der Waals surface area contributed by atoms with Crippen molar-refractivity contribution >= 4 is 43.4 Å². The Bertz CT molecular complexity index is 676. The Balaban J connectivity index is 2.37. The molecule has 1 aromatic heterocycles. The summed E-state index contributed by atoms with van der Waals surface area (Å²) in [7, 11) is -3.69. The van der Waals surface area contributed by atoms with Gasteiger partial charge in [-0.25, -0.2) is 13.4 Å². The lowest BCUT2D eigenvalue weighted by molar-refractivity contribution is 0.601. The van der Waals surface area contributed by atoms with Gasteiger partial charge in [-0.15, -0.1) is 0 Å². The summed E-state index contributed by atoms with van der Waals surface area (Å²) in [5, 5.41) is 0.246. The van der Waals surface area contributed by atoms with Gasteiger partial charge in [0.05, 0.1) is 9.92 Å². The number of halogens is 2. The minimum absolute atomic E-state index is 0.110. The molecule has 0 bridgehead atoms. The van der Waals surface area contributed by atoms with E-state index in [-0.39, 0.29) is 15.7 Å². The van der Waals surface area contributed by atoms with Crippen LogP contribution >= 0.6 is 27.5 Å². The Hall–Kier alpha value is -1.11. The van der Waals surface area contributed by atoms with Crippen LogP contribution < -0.4 is 4.72 Å². The average molecular weight is 348 g/mol. The van der Waals surface area contributed by atoms with Crippen LogP contribution in [0.2, 0.25) is 5.02 Å². The molecule has 0 radical (unpaired) electrons. The van der Waals surface area contributed by atoms with Gasteiger partial charge >= 0.3 is 0 Å². The molecule has 0 spiro atoms. The van der Waals surface area contributed by atoms with E-state index in [0.717, 1.165) is 0 Å². The first-order chi connectivity index (χ1) is 8.49. The molecule has 4 nitrogen and oxygen atoms in total. The molecule has 0 saturated carbocycles. The van der Waals surface area contributed by atoms with Crippen LogP contribution in [0.1, 0.15) is 0 Å². The van der Waals surface area contributed by atoms with E-state index in [1.807, 2.05) is 0 Å². The van der Waals surface area contributed by atoms with Crippen molar-refractivity contribution in [3.63, 3.8) is 0 Å². The van der Waals surface area contributed by atoms with Gasteiger partial charge in [0.15, 0.2) is 5.82 Å². The summed E-state index contributed by atoms with van der Waals surface area (Å²) in [6.07, 6.45) is 1.46. The van der Waals surface area contributed by atoms with Crippen LogP contribution in [0.25, 0.3) is 0 Å². The third-order valence-corrected chi connectivity index (χ3v) is 4.23. The van der Waals surface area contributed by atoms with E-state index in [9.17, 15) is 8.42 Å². The van der Waals surface area contributed by atoms with Crippen molar-refractivity contribution < 1.29 is 8.42 Å². The van der Waals surface area contributed by atoms with E-state index in [0.29, 0.717) is 4.47 Å². The maximum Gasteiger partial charge on any atom is 0.263 e. The van der Waals surface area contributed by atoms with Crippen molar-refractivity contribution in [2.24, 2.45) is 0 Å². The van der Waals surface area contributed by atoms with Crippen molar-refractivity contribution in [3.8, 4) is 0 Å². The van der Waals surface area contributed by atoms with Gasteiger partial charge < -0.3 is 0 Å². The Kier molecular flexibility index (Phi) is 3.89. The smallest absolute Gasteiger partial charge is 0.262 e. The summed E-state index contributed by atoms with van der Waals surface area (Å²) in [5.41, 5.74) is 0. The molecular weight excluding hydrogens is 340 g/mol. The van der Waals surface area contributed by atoms with E-state index in [2.05, 4.69) is 25.6 Å². The van der Waals surface area contributed by atoms with Crippen LogP contribution in [-0.4, -0.2) is 13.4 Å². The number of hydrogen-bond acceptors (Lipinski definition) is 3. The van der Waals surface area contributed by atoms with Crippen LogP contribution in [0.15, 0.2) is 52.0 Å². The number of nitrogens with one attached hydrogen (secondary N) is 1. The highest BCUT2D eigenvalue weighted by Crippen LogP contribution is 2.22. The molecule has 0 amide bonds. The first-order valence-corrected chi connectivity index (χ1v) is 7.53. The maximum atomic E-state index is 12.1. The average Bonchev–Trinajstić information content (AvgIpc) is 2.32. The van der Waals surface area contributed by atoms with E-state index in [1.165, 1.54) is 18.3 Å². The highest BCUT2D eigenvalue weighted by atomic mass is 79.9. The van der Waals surface area contributed by atoms with E-state index < -0.39 is 10.0 Å². The number of pyridine rings is 1. The molecule has 0 atom stereocenters. The van der Waals surface area contributed by atoms with Gasteiger partial charge in [-0.05, 0) is 30.3 Å². The monoisotopic (exact) mass is 346 g/mol. The van der Waals surface area contributed by atoms with Gasteiger partial charge in [0.25, 0.3) is 10.0 Å². The van der Waals surface area contributed by atoms with Gasteiger partial charge in [0.1, 0.15) is 0 Å². The largest absolute Gasteiger partial charge is 0.263 e. The fourth-order valence-corrected chi connectivity index (χ4v) is 3.13. The van der Waals surface area contributed by atoms with Crippen LogP contribution in [0.5, 0.6) is 0 Å². The van der Waals surface area contributed by atoms with E-state index >= 15 is 0 Å². The molecule has 0 aliphatic rings. The summed E-state index contributed by atoms with van der Waals surface area (Å²) in [5.74, 6) is 0.110. The molecule has 1 heterocycles. The van der Waals surface area contributed by atoms with Crippen LogP contribution in [0.4, 0.5) is 5.82 Å². The SMILES string of the molecule is O=S(=O)(Nc1ncccc1Cl)c1cccc(Br)c1. The fourth-order valence-electron chi connectivity index (χ4n) is 1.28. The minimum Gasteiger partial charge on any atom is -0.262 e. The molecule has 0 aliphatic carbocycles. The van der Waals surface area contributed by atoms with Gasteiger partial charge in [-0.1, -0.05) is 33.6 Å². The zero-order valence-electron chi connectivity index (χ0n) is 8.97. The molecule has 94 valence electrons. The van der Waals surface area contributed by atoms with Gasteiger partial charge in [0, 0.05) is 10.7 Å². The lowest BCUT2D eigenvalue weighted by Gasteiger charge is -2.08. The summed E-state index contributed by atoms with van der Waals surface area (Å²) in [4.78, 5) is 4.02. The standard InChI is InChI=1S/C11H8BrClN2O2S/c12-8-3-1-4-9(7-8)18(16,17)15-11-10(13)5-2-6-14-11/h1-7H,(H,14,15). The third-order valence-electron chi connectivity index (χ3n) is 2.10. The molecule has 0 unspecified atom stereocenters. The molecule has 0 fully saturated rings. The van der Waals surface area contributed by atoms with Gasteiger partial charge in [0.2, 0.25) is 0 Å². The number of hydrogen-bond donors (Lipinski definition) is 1. The molecule has 0 saturated heterocycles. The number of benzene rings is 1. The van der Waals surface area contributed by atoms with Crippen LogP contribution in [0.3, 0.4) is 0 Å². The van der Waals surface area contributed by atoms with Crippen molar-refractivity contribution in [1.82, 2.24) is 4.98 Å². The first-order valence-electron chi connectivity index (χ1n) is 4.88. The Morgan fingerprint density at radius 2 is 2.00 bits per heavy atom. The second-order valence-corrected chi connectivity index (χ2v) is 6.40. The van der Waals surface area contributed by atoms with Crippen molar-refractivity contribution in [2.75, 3.05) is 4.72 Å². The van der Waals surface area contributed by atoms with Crippen molar-refractivity contribution in [1.29, 1.82) is 0 Å². The summed E-state index contributed by atoms with van der Waals surface area (Å²) < 4.78 is 27.2. The number of rotatable bonds is 3. The van der Waals surface area contributed by atoms with Crippen LogP contribution in [0, 0.1) is 0 Å². The number of nitrogens with zero attached hydrogens (tertiary/aromatic N) is 1. The molecule has 1 aromatic carbocycles. The molecule has 0 aliphatic heterocycles. The Morgan fingerprint density at radius 1 is 1.22 bits per heavy atom. The van der Waals surface area contributed by atoms with Crippen LogP contribution in [-0.2, 0) is 10.0 Å². The van der Waals surface area contributed by atoms with Crippen molar-refractivity contribution in [2.45, 2.75) is 4.90 Å². The lowest BCUT2D eigenvalue weighted by atomic mass is 10.4. The minimum atomic E-state index is -3.69. The van der Waals surface area contributed by atoms with E-state index in [1.54, 1.807) is 24.3 Å². The second-order valence-electron chi connectivity index (χ2n) is 3.40. The number of aromatic nitrogens is 1. The fraction of sp³-hybridized carbons (Fsp3) is 0. The lowest BCUT2D eigenvalue weighted by Crippen LogP contribution is -2.14. The predicted octanol–water partition coefficient (Wildman–Crippen LogP) is 3.30. The molecular formula is C11H8BrClN2O2S. The van der Waals surface area contributed by atoms with E-state index in [4.69, 9.17) is 11.6 Å². The predicted molar refractivity (Wildman–Crippen MR) is 74.2 cm³/mol. The molecule has 1 N–H and O–H groups in total. The molecule has 7 heteroatoms. The quantitative estimate of drug-likeness (QED) is 0.927. The second kappa shape index (κ2) is 5.26. The molecule has 2 rings (SSSR count). The van der Waals surface area contributed by atoms with Crippen molar-refractivity contribution in [3.05, 3.63) is 52.1 Å². The zero-order valence-corrected chi connectivity index (χ0v) is 12.1. The highest BCUT2D eigenvalue weighted by molar-refractivity contribution is 9.10. The molecule has 2 aromatic rings. The number of sulfonamides is 1. The van der Waals surface area contributed by atoms with Gasteiger partial charge in [-0.3, -0.25) is 4.72 Å². The zero-order chi connectivity index (χ0) is 13.2. The number of anilines is 1. The maximum absolute atomic E-state index is 12.1. The molecule has 18 heavy (non-hydrogen) atoms. The Labute approximate surface area is 118 Å². The normalized spacial score (nSPS) is 11.2. The summed E-state index contributed by atoms with van der Waals surface area (Å²) in [6, 6.07) is 9.56. The topological polar surface area (TPSA) is 59.1 Å². The summed E-state index contributed by atoms with van der Waals surface area (Å²) in [6.45, 7) is 0. The highest BCUT2D eigenvalue weighted by Gasteiger charge is 2.16. The van der Waals surface area contributed by atoms with Gasteiger partial charge in [-0.2, -0.15) is 0 Å². The third kappa shape index (κ3) is 3.01. The first kappa shape index (κ1) is 13.3. The Morgan fingerprint density at radius 3 is 2.67 bits per heavy atom. The summed E-state index contributed by atoms with van der Waals surface area (Å²) >= 11 is 9.07.